The maximum atomic E-state index is 12.8. The minimum absolute atomic E-state index is 0.191. The second-order valence-corrected chi connectivity index (χ2v) is 4.62. The summed E-state index contributed by atoms with van der Waals surface area (Å²) in [5.41, 5.74) is 7.38. The van der Waals surface area contributed by atoms with Crippen LogP contribution in [0.25, 0.3) is 16.9 Å². The highest BCUT2D eigenvalue weighted by molar-refractivity contribution is 5.66. The van der Waals surface area contributed by atoms with E-state index in [1.165, 1.54) is 6.20 Å². The first kappa shape index (κ1) is 13.6. The van der Waals surface area contributed by atoms with Crippen LogP contribution in [-0.2, 0) is 12.7 Å². The van der Waals surface area contributed by atoms with Gasteiger partial charge in [0.1, 0.15) is 5.65 Å². The van der Waals surface area contributed by atoms with Crippen molar-refractivity contribution in [1.82, 2.24) is 9.38 Å². The molecule has 0 aliphatic rings. The van der Waals surface area contributed by atoms with Crippen LogP contribution in [0.5, 0.6) is 0 Å². The Morgan fingerprint density at radius 2 is 1.81 bits per heavy atom. The molecule has 21 heavy (non-hydrogen) atoms. The average molecular weight is 291 g/mol. The van der Waals surface area contributed by atoms with Crippen molar-refractivity contribution in [3.8, 4) is 11.3 Å². The zero-order chi connectivity index (χ0) is 15.0. The molecule has 0 fully saturated rings. The molecular formula is C15H12F3N3. The Kier molecular flexibility index (Phi) is 3.17. The van der Waals surface area contributed by atoms with Crippen LogP contribution in [0.2, 0.25) is 0 Å². The van der Waals surface area contributed by atoms with E-state index >= 15 is 0 Å². The van der Waals surface area contributed by atoms with Crippen LogP contribution in [0.1, 0.15) is 11.3 Å². The average Bonchev–Trinajstić information content (AvgIpc) is 2.84. The Hall–Kier alpha value is -2.34. The molecule has 3 rings (SSSR count). The van der Waals surface area contributed by atoms with Crippen molar-refractivity contribution in [1.29, 1.82) is 0 Å². The van der Waals surface area contributed by atoms with Crippen molar-refractivity contribution in [2.75, 3.05) is 0 Å². The van der Waals surface area contributed by atoms with Gasteiger partial charge in [-0.15, -0.1) is 0 Å². The number of benzene rings is 1. The van der Waals surface area contributed by atoms with Crippen LogP contribution < -0.4 is 5.73 Å². The monoisotopic (exact) mass is 291 g/mol. The molecule has 0 amide bonds. The Morgan fingerprint density at radius 3 is 2.43 bits per heavy atom. The van der Waals surface area contributed by atoms with E-state index in [9.17, 15) is 13.2 Å². The van der Waals surface area contributed by atoms with Gasteiger partial charge in [-0.2, -0.15) is 13.2 Å². The molecule has 0 spiro atoms. The third-order valence-electron chi connectivity index (χ3n) is 3.29. The minimum Gasteiger partial charge on any atom is -0.325 e. The number of alkyl halides is 3. The van der Waals surface area contributed by atoms with Gasteiger partial charge in [0.2, 0.25) is 0 Å². The van der Waals surface area contributed by atoms with Crippen LogP contribution in [0.3, 0.4) is 0 Å². The van der Waals surface area contributed by atoms with Gasteiger partial charge in [0, 0.05) is 18.3 Å². The molecule has 0 saturated heterocycles. The maximum absolute atomic E-state index is 12.8. The number of hydrogen-bond donors (Lipinski definition) is 1. The molecule has 3 aromatic rings. The molecule has 0 aliphatic heterocycles. The molecule has 108 valence electrons. The summed E-state index contributed by atoms with van der Waals surface area (Å²) in [6.07, 6.45) is -3.02. The standard InChI is InChI=1S/C15H12F3N3/c16-15(17,18)11-6-7-21-12(9-19)14(20-13(21)8-11)10-4-2-1-3-5-10/h1-8H,9,19H2. The minimum atomic E-state index is -4.39. The summed E-state index contributed by atoms with van der Waals surface area (Å²) < 4.78 is 39.9. The van der Waals surface area contributed by atoms with Gasteiger partial charge in [-0.3, -0.25) is 0 Å². The lowest BCUT2D eigenvalue weighted by atomic mass is 10.1. The molecule has 3 nitrogen and oxygen atoms in total. The summed E-state index contributed by atoms with van der Waals surface area (Å²) in [5, 5.41) is 0. The molecule has 2 aromatic heterocycles. The van der Waals surface area contributed by atoms with Gasteiger partial charge in [-0.25, -0.2) is 4.98 Å². The maximum Gasteiger partial charge on any atom is 0.416 e. The molecule has 6 heteroatoms. The quantitative estimate of drug-likeness (QED) is 0.785. The third-order valence-corrected chi connectivity index (χ3v) is 3.29. The number of nitrogens with two attached hydrogens (primary N) is 1. The largest absolute Gasteiger partial charge is 0.416 e. The topological polar surface area (TPSA) is 43.3 Å². The molecule has 2 N–H and O–H groups in total. The van der Waals surface area contributed by atoms with Crippen molar-refractivity contribution in [3.05, 3.63) is 59.9 Å². The summed E-state index contributed by atoms with van der Waals surface area (Å²) in [6.45, 7) is 0.191. The predicted octanol–water partition coefficient (Wildman–Crippen LogP) is 3.48. The number of hydrogen-bond acceptors (Lipinski definition) is 2. The zero-order valence-corrected chi connectivity index (χ0v) is 10.9. The van der Waals surface area contributed by atoms with Gasteiger partial charge >= 0.3 is 6.18 Å². The number of pyridine rings is 1. The molecule has 0 radical (unpaired) electrons. The summed E-state index contributed by atoms with van der Waals surface area (Å²) in [7, 11) is 0. The van der Waals surface area contributed by atoms with E-state index in [4.69, 9.17) is 5.73 Å². The van der Waals surface area contributed by atoms with Crippen molar-refractivity contribution in [2.24, 2.45) is 5.73 Å². The van der Waals surface area contributed by atoms with E-state index in [2.05, 4.69) is 4.98 Å². The predicted molar refractivity (Wildman–Crippen MR) is 73.5 cm³/mol. The van der Waals surface area contributed by atoms with Crippen LogP contribution in [0, 0.1) is 0 Å². The lowest BCUT2D eigenvalue weighted by Crippen LogP contribution is -2.07. The van der Waals surface area contributed by atoms with Crippen LogP contribution in [0.4, 0.5) is 13.2 Å². The fourth-order valence-corrected chi connectivity index (χ4v) is 2.29. The first-order chi connectivity index (χ1) is 10.0. The van der Waals surface area contributed by atoms with Crippen LogP contribution >= 0.6 is 0 Å². The highest BCUT2D eigenvalue weighted by atomic mass is 19.4. The second-order valence-electron chi connectivity index (χ2n) is 4.62. The lowest BCUT2D eigenvalue weighted by molar-refractivity contribution is -0.137. The molecule has 0 saturated carbocycles. The zero-order valence-electron chi connectivity index (χ0n) is 10.9. The number of nitrogens with zero attached hydrogens (tertiary/aromatic N) is 2. The fraction of sp³-hybridized carbons (Fsp3) is 0.133. The molecule has 1 aromatic carbocycles. The Labute approximate surface area is 118 Å². The molecule has 0 bridgehead atoms. The number of rotatable bonds is 2. The van der Waals surface area contributed by atoms with E-state index in [-0.39, 0.29) is 12.2 Å². The van der Waals surface area contributed by atoms with E-state index in [0.29, 0.717) is 11.4 Å². The smallest absolute Gasteiger partial charge is 0.325 e. The molecule has 0 unspecified atom stereocenters. The normalized spacial score (nSPS) is 12.0. The first-order valence-electron chi connectivity index (χ1n) is 6.34. The Bertz CT molecular complexity index is 776. The summed E-state index contributed by atoms with van der Waals surface area (Å²) in [6, 6.07) is 11.3. The van der Waals surface area contributed by atoms with Crippen molar-refractivity contribution < 1.29 is 13.2 Å². The third kappa shape index (κ3) is 2.38. The van der Waals surface area contributed by atoms with Gasteiger partial charge in [-0.05, 0) is 12.1 Å². The van der Waals surface area contributed by atoms with Crippen LogP contribution in [0.15, 0.2) is 48.7 Å². The molecular weight excluding hydrogens is 279 g/mol. The number of halogens is 3. The summed E-state index contributed by atoms with van der Waals surface area (Å²) >= 11 is 0. The van der Waals surface area contributed by atoms with E-state index in [0.717, 1.165) is 17.7 Å². The molecule has 0 atom stereocenters. The fourth-order valence-electron chi connectivity index (χ4n) is 2.29. The van der Waals surface area contributed by atoms with Gasteiger partial charge in [0.25, 0.3) is 0 Å². The van der Waals surface area contributed by atoms with Gasteiger partial charge in [0.15, 0.2) is 0 Å². The number of aromatic nitrogens is 2. The summed E-state index contributed by atoms with van der Waals surface area (Å²) in [5.74, 6) is 0. The SMILES string of the molecule is NCc1c(-c2ccccc2)nc2cc(C(F)(F)F)ccn12. The van der Waals surface area contributed by atoms with Gasteiger partial charge in [-0.1, -0.05) is 30.3 Å². The Morgan fingerprint density at radius 1 is 1.10 bits per heavy atom. The highest BCUT2D eigenvalue weighted by Crippen LogP contribution is 2.31. The summed E-state index contributed by atoms with van der Waals surface area (Å²) in [4.78, 5) is 4.31. The first-order valence-corrected chi connectivity index (χ1v) is 6.34. The highest BCUT2D eigenvalue weighted by Gasteiger charge is 2.31. The van der Waals surface area contributed by atoms with Crippen molar-refractivity contribution in [2.45, 2.75) is 12.7 Å². The molecule has 0 aliphatic carbocycles. The van der Waals surface area contributed by atoms with E-state index in [1.54, 1.807) is 4.40 Å². The van der Waals surface area contributed by atoms with E-state index < -0.39 is 11.7 Å². The van der Waals surface area contributed by atoms with Crippen LogP contribution in [-0.4, -0.2) is 9.38 Å². The number of fused-ring (bicyclic) bond motifs is 1. The van der Waals surface area contributed by atoms with Crippen molar-refractivity contribution in [3.63, 3.8) is 0 Å². The van der Waals surface area contributed by atoms with Crippen molar-refractivity contribution >= 4 is 5.65 Å². The number of imidazole rings is 1. The molecule has 2 heterocycles. The Balaban J connectivity index is 2.23. The lowest BCUT2D eigenvalue weighted by Gasteiger charge is -2.07. The van der Waals surface area contributed by atoms with Gasteiger partial charge in [0.05, 0.1) is 17.0 Å². The van der Waals surface area contributed by atoms with Gasteiger partial charge < -0.3 is 10.1 Å². The van der Waals surface area contributed by atoms with E-state index in [1.807, 2.05) is 30.3 Å². The second kappa shape index (κ2) is 4.89.